The molecule has 1 aliphatic heterocycles. The summed E-state index contributed by atoms with van der Waals surface area (Å²) in [6.45, 7) is 4.50. The number of amides is 1. The van der Waals surface area contributed by atoms with Crippen molar-refractivity contribution in [3.05, 3.63) is 22.1 Å². The van der Waals surface area contributed by atoms with Crippen LogP contribution >= 0.6 is 11.8 Å². The van der Waals surface area contributed by atoms with Crippen molar-refractivity contribution >= 4 is 17.7 Å². The fourth-order valence-corrected chi connectivity index (χ4v) is 2.77. The summed E-state index contributed by atoms with van der Waals surface area (Å²) >= 11 is 1.28. The van der Waals surface area contributed by atoms with Crippen LogP contribution in [0.4, 0.5) is 0 Å². The van der Waals surface area contributed by atoms with Gasteiger partial charge in [0.25, 0.3) is 5.56 Å². The number of aromatic amines is 1. The average molecular weight is 297 g/mol. The van der Waals surface area contributed by atoms with Gasteiger partial charge >= 0.3 is 0 Å². The molecule has 110 valence electrons. The van der Waals surface area contributed by atoms with Gasteiger partial charge in [-0.3, -0.25) is 9.59 Å². The molecule has 0 bridgehead atoms. The predicted molar refractivity (Wildman–Crippen MR) is 77.0 cm³/mol. The summed E-state index contributed by atoms with van der Waals surface area (Å²) < 4.78 is 5.21. The molecule has 1 fully saturated rings. The van der Waals surface area contributed by atoms with E-state index in [4.69, 9.17) is 4.74 Å². The van der Waals surface area contributed by atoms with Crippen molar-refractivity contribution in [3.63, 3.8) is 0 Å². The van der Waals surface area contributed by atoms with Gasteiger partial charge in [0.15, 0.2) is 5.16 Å². The Balaban J connectivity index is 1.92. The minimum atomic E-state index is -0.162. The predicted octanol–water partition coefficient (Wildman–Crippen LogP) is 0.673. The van der Waals surface area contributed by atoms with Gasteiger partial charge in [0, 0.05) is 24.8 Å². The number of nitrogens with one attached hydrogen (secondary N) is 1. The monoisotopic (exact) mass is 297 g/mol. The first-order chi connectivity index (χ1) is 9.69. The Morgan fingerprint density at radius 1 is 1.50 bits per heavy atom. The smallest absolute Gasteiger partial charge is 0.251 e. The molecule has 6 nitrogen and oxygen atoms in total. The van der Waals surface area contributed by atoms with E-state index >= 15 is 0 Å². The molecular weight excluding hydrogens is 278 g/mol. The molecule has 0 aliphatic carbocycles. The maximum absolute atomic E-state index is 12.0. The number of aryl methyl sites for hydroxylation is 1. The zero-order chi connectivity index (χ0) is 14.4. The molecule has 0 aromatic carbocycles. The minimum Gasteiger partial charge on any atom is -0.378 e. The number of carbonyl (C=O) groups is 1. The first kappa shape index (κ1) is 15.1. The van der Waals surface area contributed by atoms with Gasteiger partial charge in [0.2, 0.25) is 5.91 Å². The Morgan fingerprint density at radius 3 is 2.95 bits per heavy atom. The summed E-state index contributed by atoms with van der Waals surface area (Å²) in [5.74, 6) is 0.347. The summed E-state index contributed by atoms with van der Waals surface area (Å²) in [4.78, 5) is 32.3. The lowest BCUT2D eigenvalue weighted by molar-refractivity contribution is -0.132. The van der Waals surface area contributed by atoms with Gasteiger partial charge in [-0.15, -0.1) is 0 Å². The van der Waals surface area contributed by atoms with E-state index in [1.54, 1.807) is 4.90 Å². The fourth-order valence-electron chi connectivity index (χ4n) is 1.97. The molecule has 1 aliphatic rings. The number of hydrogen-bond donors (Lipinski definition) is 1. The van der Waals surface area contributed by atoms with Crippen molar-refractivity contribution in [2.75, 3.05) is 32.1 Å². The molecule has 0 radical (unpaired) electrons. The van der Waals surface area contributed by atoms with E-state index in [1.165, 1.54) is 17.8 Å². The largest absolute Gasteiger partial charge is 0.378 e. The molecule has 0 unspecified atom stereocenters. The van der Waals surface area contributed by atoms with Crippen LogP contribution in [0.1, 0.15) is 19.0 Å². The third-order valence-corrected chi connectivity index (χ3v) is 3.83. The number of thioether (sulfide) groups is 1. The molecule has 0 saturated carbocycles. The SMILES string of the molecule is CCCc1cc(=O)[nH]c(SCC(=O)N2CCOCC2)n1. The third-order valence-electron chi connectivity index (χ3n) is 2.98. The number of H-pyrrole nitrogens is 1. The first-order valence-corrected chi connectivity index (χ1v) is 7.76. The van der Waals surface area contributed by atoms with Crippen LogP contribution in [-0.4, -0.2) is 52.8 Å². The van der Waals surface area contributed by atoms with Crippen LogP contribution in [0.25, 0.3) is 0 Å². The zero-order valence-electron chi connectivity index (χ0n) is 11.6. The molecule has 20 heavy (non-hydrogen) atoms. The fraction of sp³-hybridized carbons (Fsp3) is 0.615. The lowest BCUT2D eigenvalue weighted by Crippen LogP contribution is -2.41. The molecular formula is C13H19N3O3S. The topological polar surface area (TPSA) is 75.3 Å². The second-order valence-electron chi connectivity index (χ2n) is 4.57. The summed E-state index contributed by atoms with van der Waals surface area (Å²) in [5.41, 5.74) is 0.613. The number of hydrogen-bond acceptors (Lipinski definition) is 5. The van der Waals surface area contributed by atoms with Crippen molar-refractivity contribution in [2.24, 2.45) is 0 Å². The second-order valence-corrected chi connectivity index (χ2v) is 5.54. The minimum absolute atomic E-state index is 0.0573. The molecule has 0 spiro atoms. The lowest BCUT2D eigenvalue weighted by Gasteiger charge is -2.26. The van der Waals surface area contributed by atoms with Crippen LogP contribution in [0.5, 0.6) is 0 Å². The number of ether oxygens (including phenoxy) is 1. The van der Waals surface area contributed by atoms with Crippen molar-refractivity contribution in [1.29, 1.82) is 0 Å². The van der Waals surface area contributed by atoms with Gasteiger partial charge in [0.05, 0.1) is 19.0 Å². The van der Waals surface area contributed by atoms with E-state index in [1.807, 2.05) is 6.92 Å². The highest BCUT2D eigenvalue weighted by Crippen LogP contribution is 2.13. The van der Waals surface area contributed by atoms with E-state index in [-0.39, 0.29) is 11.5 Å². The normalized spacial score (nSPS) is 15.3. The molecule has 1 aromatic heterocycles. The number of aromatic nitrogens is 2. The van der Waals surface area contributed by atoms with Crippen LogP contribution in [0.2, 0.25) is 0 Å². The Kier molecular flexibility index (Phi) is 5.60. The van der Waals surface area contributed by atoms with E-state index < -0.39 is 0 Å². The van der Waals surface area contributed by atoms with Gasteiger partial charge in [-0.1, -0.05) is 25.1 Å². The number of nitrogens with zero attached hydrogens (tertiary/aromatic N) is 2. The molecule has 2 heterocycles. The second kappa shape index (κ2) is 7.44. The van der Waals surface area contributed by atoms with E-state index in [0.717, 1.165) is 18.5 Å². The third kappa shape index (κ3) is 4.35. The molecule has 0 atom stereocenters. The van der Waals surface area contributed by atoms with Crippen molar-refractivity contribution in [3.8, 4) is 0 Å². The lowest BCUT2D eigenvalue weighted by atomic mass is 10.2. The number of morpholine rings is 1. The molecule has 2 rings (SSSR count). The van der Waals surface area contributed by atoms with Gasteiger partial charge in [-0.2, -0.15) is 0 Å². The summed E-state index contributed by atoms with van der Waals surface area (Å²) in [7, 11) is 0. The Bertz CT molecular complexity index is 512. The summed E-state index contributed by atoms with van der Waals surface area (Å²) in [6, 6.07) is 1.51. The van der Waals surface area contributed by atoms with Crippen LogP contribution in [-0.2, 0) is 16.0 Å². The van der Waals surface area contributed by atoms with Crippen LogP contribution in [0.15, 0.2) is 16.0 Å². The zero-order valence-corrected chi connectivity index (χ0v) is 12.4. The molecule has 1 saturated heterocycles. The maximum Gasteiger partial charge on any atom is 0.251 e. The van der Waals surface area contributed by atoms with Gasteiger partial charge in [-0.25, -0.2) is 4.98 Å². The highest BCUT2D eigenvalue weighted by molar-refractivity contribution is 7.99. The van der Waals surface area contributed by atoms with Crippen molar-refractivity contribution < 1.29 is 9.53 Å². The average Bonchev–Trinajstić information content (AvgIpc) is 2.45. The standard InChI is InChI=1S/C13H19N3O3S/c1-2-3-10-8-11(17)15-13(14-10)20-9-12(18)16-4-6-19-7-5-16/h8H,2-7,9H2,1H3,(H,14,15,17). The highest BCUT2D eigenvalue weighted by Gasteiger charge is 2.17. The molecule has 1 aromatic rings. The van der Waals surface area contributed by atoms with E-state index in [0.29, 0.717) is 37.2 Å². The first-order valence-electron chi connectivity index (χ1n) is 6.77. The van der Waals surface area contributed by atoms with Crippen molar-refractivity contribution in [1.82, 2.24) is 14.9 Å². The molecule has 7 heteroatoms. The number of carbonyl (C=O) groups excluding carboxylic acids is 1. The van der Waals surface area contributed by atoms with E-state index in [9.17, 15) is 9.59 Å². The van der Waals surface area contributed by atoms with Crippen molar-refractivity contribution in [2.45, 2.75) is 24.9 Å². The maximum atomic E-state index is 12.0. The van der Waals surface area contributed by atoms with Crippen LogP contribution in [0, 0.1) is 0 Å². The Morgan fingerprint density at radius 2 is 2.25 bits per heavy atom. The van der Waals surface area contributed by atoms with Crippen LogP contribution in [0.3, 0.4) is 0 Å². The van der Waals surface area contributed by atoms with Gasteiger partial charge < -0.3 is 14.6 Å². The summed E-state index contributed by atoms with van der Waals surface area (Å²) in [5, 5.41) is 0.516. The highest BCUT2D eigenvalue weighted by atomic mass is 32.2. The number of rotatable bonds is 5. The Labute approximate surface area is 121 Å². The summed E-state index contributed by atoms with van der Waals surface area (Å²) in [6.07, 6.45) is 1.71. The molecule has 1 N–H and O–H groups in total. The van der Waals surface area contributed by atoms with Gasteiger partial charge in [-0.05, 0) is 6.42 Å². The van der Waals surface area contributed by atoms with Crippen LogP contribution < -0.4 is 5.56 Å². The van der Waals surface area contributed by atoms with Gasteiger partial charge in [0.1, 0.15) is 0 Å². The molecule has 1 amide bonds. The van der Waals surface area contributed by atoms with E-state index in [2.05, 4.69) is 9.97 Å². The quantitative estimate of drug-likeness (QED) is 0.639. The Hall–Kier alpha value is -1.34.